The first-order valence-electron chi connectivity index (χ1n) is 8.68. The number of rotatable bonds is 6. The van der Waals surface area contributed by atoms with Crippen LogP contribution in [0.5, 0.6) is 0 Å². The normalized spacial score (nSPS) is 18.2. The Morgan fingerprint density at radius 2 is 1.92 bits per heavy atom. The van der Waals surface area contributed by atoms with Crippen molar-refractivity contribution in [3.63, 3.8) is 0 Å². The summed E-state index contributed by atoms with van der Waals surface area (Å²) in [5.41, 5.74) is 0.909. The van der Waals surface area contributed by atoms with Gasteiger partial charge in [-0.1, -0.05) is 58.0 Å². The van der Waals surface area contributed by atoms with Crippen molar-refractivity contribution in [2.45, 2.75) is 59.3 Å². The molecular formula is C19H29NO4. The predicted octanol–water partition coefficient (Wildman–Crippen LogP) is 2.76. The van der Waals surface area contributed by atoms with Crippen LogP contribution >= 0.6 is 0 Å². The minimum atomic E-state index is -0.989. The minimum Gasteiger partial charge on any atom is -0.459 e. The van der Waals surface area contributed by atoms with Gasteiger partial charge in [-0.2, -0.15) is 0 Å². The maximum Gasteiger partial charge on any atom is 0.329 e. The Kier molecular flexibility index (Phi) is 8.47. The summed E-state index contributed by atoms with van der Waals surface area (Å²) in [5, 5.41) is 9.60. The number of carbonyl (C=O) groups is 2. The van der Waals surface area contributed by atoms with E-state index in [1.54, 1.807) is 0 Å². The molecule has 1 amide bonds. The van der Waals surface area contributed by atoms with Crippen LogP contribution in [-0.2, 0) is 20.9 Å². The van der Waals surface area contributed by atoms with Crippen LogP contribution in [0.3, 0.4) is 0 Å². The van der Waals surface area contributed by atoms with Gasteiger partial charge in [0.25, 0.3) is 5.91 Å². The van der Waals surface area contributed by atoms with Gasteiger partial charge in [0, 0.05) is 6.54 Å². The van der Waals surface area contributed by atoms with E-state index in [2.05, 4.69) is 0 Å². The van der Waals surface area contributed by atoms with Gasteiger partial charge in [-0.05, 0) is 24.3 Å². The van der Waals surface area contributed by atoms with Gasteiger partial charge in [0.2, 0.25) is 0 Å². The number of carbonyl (C=O) groups excluding carboxylic acids is 2. The summed E-state index contributed by atoms with van der Waals surface area (Å²) >= 11 is 0. The predicted molar refractivity (Wildman–Crippen MR) is 93.2 cm³/mol. The Hall–Kier alpha value is -1.88. The zero-order valence-corrected chi connectivity index (χ0v) is 15.1. The fourth-order valence-electron chi connectivity index (χ4n) is 2.62. The molecule has 0 bridgehead atoms. The third-order valence-electron chi connectivity index (χ3n) is 3.78. The highest BCUT2D eigenvalue weighted by atomic mass is 16.5. The first-order chi connectivity index (χ1) is 11.5. The second kappa shape index (κ2) is 10.1. The number of esters is 1. The molecule has 1 aliphatic rings. The summed E-state index contributed by atoms with van der Waals surface area (Å²) in [4.78, 5) is 25.8. The smallest absolute Gasteiger partial charge is 0.329 e. The molecule has 1 fully saturated rings. The molecule has 0 aromatic heterocycles. The SMILES string of the molecule is CC.CC(C)CC(C(=O)OCc1ccccc1)N1CCC(O)C1=O. The molecule has 2 atom stereocenters. The third kappa shape index (κ3) is 5.64. The number of likely N-dealkylation sites (tertiary alicyclic amines) is 1. The summed E-state index contributed by atoms with van der Waals surface area (Å²) in [6, 6.07) is 8.82. The van der Waals surface area contributed by atoms with Crippen molar-refractivity contribution >= 4 is 11.9 Å². The number of aliphatic hydroxyl groups excluding tert-OH is 1. The fraction of sp³-hybridized carbons (Fsp3) is 0.579. The lowest BCUT2D eigenvalue weighted by Crippen LogP contribution is -2.45. The number of hydrogen-bond donors (Lipinski definition) is 1. The van der Waals surface area contributed by atoms with Crippen molar-refractivity contribution in [3.8, 4) is 0 Å². The van der Waals surface area contributed by atoms with Gasteiger partial charge in [0.1, 0.15) is 18.8 Å². The van der Waals surface area contributed by atoms with Gasteiger partial charge in [0.05, 0.1) is 0 Å². The quantitative estimate of drug-likeness (QED) is 0.812. The third-order valence-corrected chi connectivity index (χ3v) is 3.78. The monoisotopic (exact) mass is 335 g/mol. The number of nitrogens with zero attached hydrogens (tertiary/aromatic N) is 1. The van der Waals surface area contributed by atoms with Gasteiger partial charge >= 0.3 is 5.97 Å². The van der Waals surface area contributed by atoms with Crippen LogP contribution in [0.2, 0.25) is 0 Å². The molecule has 0 saturated carbocycles. The molecule has 2 unspecified atom stereocenters. The fourth-order valence-corrected chi connectivity index (χ4v) is 2.62. The first-order valence-corrected chi connectivity index (χ1v) is 8.68. The molecule has 1 N–H and O–H groups in total. The lowest BCUT2D eigenvalue weighted by Gasteiger charge is -2.27. The lowest BCUT2D eigenvalue weighted by molar-refractivity contribution is -0.156. The highest BCUT2D eigenvalue weighted by Gasteiger charge is 2.38. The standard InChI is InChI=1S/C17H23NO4.C2H6/c1-12(2)10-14(18-9-8-15(19)16(18)20)17(21)22-11-13-6-4-3-5-7-13;1-2/h3-7,12,14-15,19H,8-11H2,1-2H3;1-2H3. The second-order valence-corrected chi connectivity index (χ2v) is 6.07. The van der Waals surface area contributed by atoms with Gasteiger partial charge in [0.15, 0.2) is 0 Å². The topological polar surface area (TPSA) is 66.8 Å². The molecule has 5 heteroatoms. The summed E-state index contributed by atoms with van der Waals surface area (Å²) in [5.74, 6) is -0.526. The summed E-state index contributed by atoms with van der Waals surface area (Å²) < 4.78 is 5.37. The first kappa shape index (κ1) is 20.2. The molecule has 1 aromatic carbocycles. The minimum absolute atomic E-state index is 0.193. The molecule has 1 aliphatic heterocycles. The van der Waals surface area contributed by atoms with Crippen LogP contribution in [0.25, 0.3) is 0 Å². The Morgan fingerprint density at radius 1 is 1.29 bits per heavy atom. The molecule has 1 heterocycles. The number of aliphatic hydroxyl groups is 1. The van der Waals surface area contributed by atoms with Crippen molar-refractivity contribution in [3.05, 3.63) is 35.9 Å². The Morgan fingerprint density at radius 3 is 2.42 bits per heavy atom. The Labute approximate surface area is 144 Å². The van der Waals surface area contributed by atoms with E-state index in [9.17, 15) is 14.7 Å². The van der Waals surface area contributed by atoms with E-state index >= 15 is 0 Å². The number of amides is 1. The summed E-state index contributed by atoms with van der Waals surface area (Å²) in [6.07, 6.45) is -0.0811. The van der Waals surface area contributed by atoms with E-state index in [4.69, 9.17) is 4.74 Å². The largest absolute Gasteiger partial charge is 0.459 e. The van der Waals surface area contributed by atoms with E-state index in [1.165, 1.54) is 4.90 Å². The molecule has 0 spiro atoms. The van der Waals surface area contributed by atoms with E-state index in [0.717, 1.165) is 5.56 Å². The summed E-state index contributed by atoms with van der Waals surface area (Å²) in [6.45, 7) is 8.58. The zero-order valence-electron chi connectivity index (χ0n) is 15.1. The van der Waals surface area contributed by atoms with Crippen molar-refractivity contribution in [2.24, 2.45) is 5.92 Å². The maximum atomic E-state index is 12.4. The molecular weight excluding hydrogens is 306 g/mol. The van der Waals surface area contributed by atoms with Crippen molar-refractivity contribution < 1.29 is 19.4 Å². The van der Waals surface area contributed by atoms with Crippen LogP contribution in [0.4, 0.5) is 0 Å². The molecule has 2 rings (SSSR count). The zero-order chi connectivity index (χ0) is 18.1. The van der Waals surface area contributed by atoms with Gasteiger partial charge in [-0.15, -0.1) is 0 Å². The molecule has 134 valence electrons. The summed E-state index contributed by atoms with van der Waals surface area (Å²) in [7, 11) is 0. The Balaban J connectivity index is 0.00000139. The highest BCUT2D eigenvalue weighted by Crippen LogP contribution is 2.21. The van der Waals surface area contributed by atoms with Crippen LogP contribution in [0.1, 0.15) is 46.1 Å². The second-order valence-electron chi connectivity index (χ2n) is 6.07. The van der Waals surface area contributed by atoms with Crippen LogP contribution in [0.15, 0.2) is 30.3 Å². The van der Waals surface area contributed by atoms with Crippen LogP contribution < -0.4 is 0 Å². The molecule has 24 heavy (non-hydrogen) atoms. The number of benzene rings is 1. The molecule has 0 radical (unpaired) electrons. The molecule has 1 saturated heterocycles. The number of ether oxygens (including phenoxy) is 1. The van der Waals surface area contributed by atoms with E-state index in [0.29, 0.717) is 19.4 Å². The average Bonchev–Trinajstić information content (AvgIpc) is 2.92. The van der Waals surface area contributed by atoms with E-state index in [1.807, 2.05) is 58.0 Å². The maximum absolute atomic E-state index is 12.4. The van der Waals surface area contributed by atoms with Gasteiger partial charge in [-0.25, -0.2) is 4.79 Å². The van der Waals surface area contributed by atoms with Crippen LogP contribution in [0, 0.1) is 5.92 Å². The van der Waals surface area contributed by atoms with E-state index in [-0.39, 0.29) is 18.4 Å². The molecule has 0 aliphatic carbocycles. The highest BCUT2D eigenvalue weighted by molar-refractivity contribution is 5.88. The van der Waals surface area contributed by atoms with Crippen LogP contribution in [-0.4, -0.2) is 40.6 Å². The van der Waals surface area contributed by atoms with Gasteiger partial charge < -0.3 is 14.7 Å². The van der Waals surface area contributed by atoms with E-state index < -0.39 is 18.1 Å². The lowest BCUT2D eigenvalue weighted by atomic mass is 10.0. The molecule has 5 nitrogen and oxygen atoms in total. The number of hydrogen-bond acceptors (Lipinski definition) is 4. The van der Waals surface area contributed by atoms with Crippen molar-refractivity contribution in [1.29, 1.82) is 0 Å². The van der Waals surface area contributed by atoms with Gasteiger partial charge in [-0.3, -0.25) is 4.79 Å². The Bertz CT molecular complexity index is 515. The van der Waals surface area contributed by atoms with Crippen molar-refractivity contribution in [2.75, 3.05) is 6.54 Å². The average molecular weight is 335 g/mol. The van der Waals surface area contributed by atoms with Crippen molar-refractivity contribution in [1.82, 2.24) is 4.90 Å². The molecule has 1 aromatic rings.